The van der Waals surface area contributed by atoms with Crippen molar-refractivity contribution in [2.24, 2.45) is 5.41 Å². The van der Waals surface area contributed by atoms with Crippen LogP contribution in [-0.4, -0.2) is 14.5 Å². The monoisotopic (exact) mass is 250 g/mol. The summed E-state index contributed by atoms with van der Waals surface area (Å²) in [6.45, 7) is 4.05. The van der Waals surface area contributed by atoms with Crippen LogP contribution in [0.3, 0.4) is 0 Å². The summed E-state index contributed by atoms with van der Waals surface area (Å²) >= 11 is 0. The predicted octanol–water partition coefficient (Wildman–Crippen LogP) is 1.64. The normalized spacial score (nSPS) is 21.8. The van der Waals surface area contributed by atoms with Gasteiger partial charge in [0.15, 0.2) is 0 Å². The summed E-state index contributed by atoms with van der Waals surface area (Å²) in [5, 5.41) is 8.64. The zero-order valence-electron chi connectivity index (χ0n) is 9.77. The lowest BCUT2D eigenvalue weighted by atomic mass is 10.2. The van der Waals surface area contributed by atoms with Gasteiger partial charge in [0.25, 0.3) is 0 Å². The van der Waals surface area contributed by atoms with E-state index in [-0.39, 0.29) is 16.4 Å². The average Bonchev–Trinajstić information content (AvgIpc) is 2.85. The molecule has 0 aromatic heterocycles. The number of sulfonamides is 1. The minimum Gasteiger partial charge on any atom is -0.208 e. The Bertz CT molecular complexity index is 568. The van der Waals surface area contributed by atoms with E-state index in [2.05, 4.69) is 4.72 Å². The van der Waals surface area contributed by atoms with E-state index in [9.17, 15) is 8.42 Å². The minimum absolute atomic E-state index is 0.0168. The SMILES string of the molecule is CC1(C)CC1NS(=O)(=O)c1ccc(C#N)cc1. The highest BCUT2D eigenvalue weighted by molar-refractivity contribution is 7.89. The van der Waals surface area contributed by atoms with E-state index in [1.54, 1.807) is 0 Å². The van der Waals surface area contributed by atoms with Gasteiger partial charge < -0.3 is 0 Å². The molecular weight excluding hydrogens is 236 g/mol. The molecule has 1 aromatic carbocycles. The Kier molecular flexibility index (Phi) is 2.72. The molecule has 0 amide bonds. The molecule has 2 rings (SSSR count). The van der Waals surface area contributed by atoms with Crippen LogP contribution in [0.5, 0.6) is 0 Å². The molecule has 5 heteroatoms. The maximum Gasteiger partial charge on any atom is 0.240 e. The molecule has 0 radical (unpaired) electrons. The number of benzene rings is 1. The van der Waals surface area contributed by atoms with Crippen molar-refractivity contribution in [3.05, 3.63) is 29.8 Å². The van der Waals surface area contributed by atoms with E-state index in [4.69, 9.17) is 5.26 Å². The van der Waals surface area contributed by atoms with Gasteiger partial charge in [-0.1, -0.05) is 13.8 Å². The van der Waals surface area contributed by atoms with Crippen LogP contribution in [0.15, 0.2) is 29.2 Å². The molecular formula is C12H14N2O2S. The number of nitrogens with one attached hydrogen (secondary N) is 1. The minimum atomic E-state index is -3.45. The average molecular weight is 250 g/mol. The molecule has 1 unspecified atom stereocenters. The van der Waals surface area contributed by atoms with E-state index in [0.717, 1.165) is 6.42 Å². The van der Waals surface area contributed by atoms with Crippen molar-refractivity contribution in [3.63, 3.8) is 0 Å². The quantitative estimate of drug-likeness (QED) is 0.886. The molecule has 0 heterocycles. The second-order valence-electron chi connectivity index (χ2n) is 5.00. The maximum atomic E-state index is 12.0. The lowest BCUT2D eigenvalue weighted by Crippen LogP contribution is -2.28. The molecule has 90 valence electrons. The van der Waals surface area contributed by atoms with E-state index < -0.39 is 10.0 Å². The number of nitrogens with zero attached hydrogens (tertiary/aromatic N) is 1. The van der Waals surface area contributed by atoms with Gasteiger partial charge in [0.2, 0.25) is 10.0 Å². The molecule has 1 saturated carbocycles. The highest BCUT2D eigenvalue weighted by Gasteiger charge is 2.47. The zero-order valence-corrected chi connectivity index (χ0v) is 10.6. The summed E-state index contributed by atoms with van der Waals surface area (Å²) in [5.74, 6) is 0. The molecule has 0 spiro atoms. The van der Waals surface area contributed by atoms with Crippen molar-refractivity contribution in [3.8, 4) is 6.07 Å². The van der Waals surface area contributed by atoms with Crippen molar-refractivity contribution in [2.75, 3.05) is 0 Å². The first-order valence-corrected chi connectivity index (χ1v) is 6.86. The topological polar surface area (TPSA) is 70.0 Å². The fraction of sp³-hybridized carbons (Fsp3) is 0.417. The third kappa shape index (κ3) is 2.48. The fourth-order valence-electron chi connectivity index (χ4n) is 1.63. The fourth-order valence-corrected chi connectivity index (χ4v) is 3.04. The highest BCUT2D eigenvalue weighted by Crippen LogP contribution is 2.45. The van der Waals surface area contributed by atoms with Crippen LogP contribution in [0.1, 0.15) is 25.8 Å². The standard InChI is InChI=1S/C12H14N2O2S/c1-12(2)7-11(12)14-17(15,16)10-5-3-9(8-13)4-6-10/h3-6,11,14H,7H2,1-2H3. The van der Waals surface area contributed by atoms with Crippen LogP contribution in [-0.2, 0) is 10.0 Å². The van der Waals surface area contributed by atoms with Crippen LogP contribution in [0.4, 0.5) is 0 Å². The second kappa shape index (κ2) is 3.83. The van der Waals surface area contributed by atoms with Crippen LogP contribution in [0, 0.1) is 16.7 Å². The molecule has 1 N–H and O–H groups in total. The van der Waals surface area contributed by atoms with Gasteiger partial charge in [-0.25, -0.2) is 13.1 Å². The molecule has 0 aliphatic heterocycles. The van der Waals surface area contributed by atoms with Crippen molar-refractivity contribution in [2.45, 2.75) is 31.2 Å². The van der Waals surface area contributed by atoms with Gasteiger partial charge in [-0.05, 0) is 36.1 Å². The van der Waals surface area contributed by atoms with Crippen molar-refractivity contribution in [1.82, 2.24) is 4.72 Å². The Morgan fingerprint density at radius 2 is 1.88 bits per heavy atom. The van der Waals surface area contributed by atoms with Gasteiger partial charge in [-0.2, -0.15) is 5.26 Å². The van der Waals surface area contributed by atoms with E-state index in [1.807, 2.05) is 19.9 Å². The van der Waals surface area contributed by atoms with Gasteiger partial charge in [-0.15, -0.1) is 0 Å². The molecule has 0 saturated heterocycles. The first kappa shape index (κ1) is 12.1. The zero-order chi connectivity index (χ0) is 12.7. The Hall–Kier alpha value is -1.38. The molecule has 1 fully saturated rings. The lowest BCUT2D eigenvalue weighted by Gasteiger charge is -2.08. The van der Waals surface area contributed by atoms with Crippen LogP contribution in [0.25, 0.3) is 0 Å². The number of nitriles is 1. The molecule has 1 atom stereocenters. The summed E-state index contributed by atoms with van der Waals surface area (Å²) in [5.41, 5.74) is 0.510. The van der Waals surface area contributed by atoms with Gasteiger partial charge >= 0.3 is 0 Å². The molecule has 17 heavy (non-hydrogen) atoms. The molecule has 1 aromatic rings. The number of hydrogen-bond acceptors (Lipinski definition) is 3. The smallest absolute Gasteiger partial charge is 0.208 e. The first-order chi connectivity index (χ1) is 7.85. The molecule has 4 nitrogen and oxygen atoms in total. The van der Waals surface area contributed by atoms with Crippen LogP contribution >= 0.6 is 0 Å². The number of rotatable bonds is 3. The number of hydrogen-bond donors (Lipinski definition) is 1. The Morgan fingerprint density at radius 3 is 2.29 bits per heavy atom. The first-order valence-electron chi connectivity index (χ1n) is 5.38. The molecule has 1 aliphatic rings. The summed E-state index contributed by atoms with van der Waals surface area (Å²) in [7, 11) is -3.45. The Balaban J connectivity index is 2.18. The van der Waals surface area contributed by atoms with Gasteiger partial charge in [0.1, 0.15) is 0 Å². The predicted molar refractivity (Wildman–Crippen MR) is 63.7 cm³/mol. The largest absolute Gasteiger partial charge is 0.240 e. The van der Waals surface area contributed by atoms with Gasteiger partial charge in [0, 0.05) is 6.04 Å². The third-order valence-electron chi connectivity index (χ3n) is 3.10. The van der Waals surface area contributed by atoms with E-state index >= 15 is 0 Å². The van der Waals surface area contributed by atoms with Crippen molar-refractivity contribution < 1.29 is 8.42 Å². The lowest BCUT2D eigenvalue weighted by molar-refractivity contribution is 0.555. The summed E-state index contributed by atoms with van der Waals surface area (Å²) in [6.07, 6.45) is 0.864. The van der Waals surface area contributed by atoms with E-state index in [1.165, 1.54) is 24.3 Å². The van der Waals surface area contributed by atoms with Crippen LogP contribution < -0.4 is 4.72 Å². The Morgan fingerprint density at radius 1 is 1.35 bits per heavy atom. The molecule has 1 aliphatic carbocycles. The van der Waals surface area contributed by atoms with Crippen molar-refractivity contribution in [1.29, 1.82) is 5.26 Å². The summed E-state index contributed by atoms with van der Waals surface area (Å²) in [4.78, 5) is 0.208. The van der Waals surface area contributed by atoms with Gasteiger partial charge in [-0.3, -0.25) is 0 Å². The summed E-state index contributed by atoms with van der Waals surface area (Å²) in [6, 6.07) is 7.90. The highest BCUT2D eigenvalue weighted by atomic mass is 32.2. The maximum absolute atomic E-state index is 12.0. The summed E-state index contributed by atoms with van der Waals surface area (Å²) < 4.78 is 26.6. The van der Waals surface area contributed by atoms with Crippen molar-refractivity contribution >= 4 is 10.0 Å². The third-order valence-corrected chi connectivity index (χ3v) is 4.59. The molecule has 0 bridgehead atoms. The van der Waals surface area contributed by atoms with Crippen LogP contribution in [0.2, 0.25) is 0 Å². The Labute approximate surface area is 101 Å². The van der Waals surface area contributed by atoms with Gasteiger partial charge in [0.05, 0.1) is 16.5 Å². The van der Waals surface area contributed by atoms with E-state index in [0.29, 0.717) is 5.56 Å². The second-order valence-corrected chi connectivity index (χ2v) is 6.72.